The van der Waals surface area contributed by atoms with E-state index in [1.54, 1.807) is 43.3 Å². The lowest BCUT2D eigenvalue weighted by Gasteiger charge is -2.13. The maximum atomic E-state index is 11.8. The van der Waals surface area contributed by atoms with Crippen molar-refractivity contribution in [2.24, 2.45) is 0 Å². The van der Waals surface area contributed by atoms with E-state index < -0.39 is 5.97 Å². The molecule has 0 aliphatic rings. The van der Waals surface area contributed by atoms with Crippen molar-refractivity contribution in [3.05, 3.63) is 52.0 Å². The molecule has 0 radical (unpaired) electrons. The summed E-state index contributed by atoms with van der Waals surface area (Å²) in [5.41, 5.74) is 7.85. The third-order valence-electron chi connectivity index (χ3n) is 2.80. The van der Waals surface area contributed by atoms with Crippen LogP contribution in [0.1, 0.15) is 17.3 Å². The Balaban J connectivity index is 2.32. The number of ether oxygens (including phenoxy) is 1. The quantitative estimate of drug-likeness (QED) is 0.642. The Kier molecular flexibility index (Phi) is 4.94. The van der Waals surface area contributed by atoms with Crippen molar-refractivity contribution in [3.63, 3.8) is 0 Å². The topological polar surface area (TPSA) is 64.3 Å². The Morgan fingerprint density at radius 3 is 2.67 bits per heavy atom. The number of hydrogen-bond acceptors (Lipinski definition) is 4. The predicted octanol–water partition coefficient (Wildman–Crippen LogP) is 4.50. The smallest absolute Gasteiger partial charge is 0.340 e. The zero-order valence-electron chi connectivity index (χ0n) is 11.3. The Morgan fingerprint density at radius 2 is 2.00 bits per heavy atom. The van der Waals surface area contributed by atoms with Crippen LogP contribution in [0.25, 0.3) is 0 Å². The zero-order valence-corrected chi connectivity index (χ0v) is 12.8. The van der Waals surface area contributed by atoms with Gasteiger partial charge in [0, 0.05) is 5.02 Å². The molecule has 0 unspecified atom stereocenters. The third kappa shape index (κ3) is 3.60. The third-order valence-corrected chi connectivity index (χ3v) is 3.35. The molecule has 0 amide bonds. The van der Waals surface area contributed by atoms with E-state index in [1.165, 1.54) is 0 Å². The fraction of sp³-hybridized carbons (Fsp3) is 0.133. The number of hydrogen-bond donors (Lipinski definition) is 2. The summed E-state index contributed by atoms with van der Waals surface area (Å²) < 4.78 is 4.96. The van der Waals surface area contributed by atoms with Crippen LogP contribution in [-0.4, -0.2) is 12.6 Å². The first-order valence-electron chi connectivity index (χ1n) is 6.30. The lowest BCUT2D eigenvalue weighted by atomic mass is 10.1. The Bertz CT molecular complexity index is 675. The van der Waals surface area contributed by atoms with Gasteiger partial charge in [-0.3, -0.25) is 0 Å². The molecular weight excluding hydrogens is 311 g/mol. The lowest BCUT2D eigenvalue weighted by Crippen LogP contribution is -2.09. The molecule has 0 saturated carbocycles. The van der Waals surface area contributed by atoms with Crippen molar-refractivity contribution in [2.75, 3.05) is 17.7 Å². The van der Waals surface area contributed by atoms with Gasteiger partial charge in [0.2, 0.25) is 0 Å². The molecule has 0 aromatic heterocycles. The highest BCUT2D eigenvalue weighted by Crippen LogP contribution is 2.31. The molecule has 4 nitrogen and oxygen atoms in total. The SMILES string of the molecule is CCOC(=O)c1cccc(Nc2ccc(Cl)cc2Cl)c1N. The fourth-order valence-electron chi connectivity index (χ4n) is 1.80. The van der Waals surface area contributed by atoms with E-state index in [0.29, 0.717) is 39.3 Å². The summed E-state index contributed by atoms with van der Waals surface area (Å²) in [6.07, 6.45) is 0. The van der Waals surface area contributed by atoms with Gasteiger partial charge in [-0.05, 0) is 37.3 Å². The summed E-state index contributed by atoms with van der Waals surface area (Å²) in [6.45, 7) is 2.03. The molecule has 6 heteroatoms. The minimum Gasteiger partial charge on any atom is -0.462 e. The highest BCUT2D eigenvalue weighted by atomic mass is 35.5. The predicted molar refractivity (Wildman–Crippen MR) is 86.6 cm³/mol. The van der Waals surface area contributed by atoms with Crippen LogP contribution in [0, 0.1) is 0 Å². The van der Waals surface area contributed by atoms with E-state index in [0.717, 1.165) is 0 Å². The molecule has 110 valence electrons. The molecule has 21 heavy (non-hydrogen) atoms. The number of anilines is 3. The standard InChI is InChI=1S/C15H14Cl2N2O2/c1-2-21-15(20)10-4-3-5-13(14(10)18)19-12-7-6-9(16)8-11(12)17/h3-8,19H,2,18H2,1H3. The van der Waals surface area contributed by atoms with E-state index >= 15 is 0 Å². The van der Waals surface area contributed by atoms with Crippen molar-refractivity contribution < 1.29 is 9.53 Å². The molecule has 0 aliphatic heterocycles. The number of para-hydroxylation sites is 1. The molecule has 0 aliphatic carbocycles. The van der Waals surface area contributed by atoms with Crippen molar-refractivity contribution in [3.8, 4) is 0 Å². The zero-order chi connectivity index (χ0) is 15.4. The molecule has 0 spiro atoms. The molecule has 0 saturated heterocycles. The molecule has 2 rings (SSSR count). The minimum atomic E-state index is -0.458. The molecule has 0 bridgehead atoms. The van der Waals surface area contributed by atoms with E-state index in [1.807, 2.05) is 0 Å². The van der Waals surface area contributed by atoms with Gasteiger partial charge in [0.05, 0.1) is 34.3 Å². The van der Waals surface area contributed by atoms with E-state index in [2.05, 4.69) is 5.32 Å². The lowest BCUT2D eigenvalue weighted by molar-refractivity contribution is 0.0527. The molecule has 3 N–H and O–H groups in total. The fourth-order valence-corrected chi connectivity index (χ4v) is 2.25. The first-order chi connectivity index (χ1) is 10.0. The Morgan fingerprint density at radius 1 is 1.24 bits per heavy atom. The van der Waals surface area contributed by atoms with Crippen LogP contribution >= 0.6 is 23.2 Å². The van der Waals surface area contributed by atoms with Crippen LogP contribution in [-0.2, 0) is 4.74 Å². The number of nitrogens with one attached hydrogen (secondary N) is 1. The van der Waals surface area contributed by atoms with Crippen molar-refractivity contribution in [1.29, 1.82) is 0 Å². The number of carbonyl (C=O) groups is 1. The van der Waals surface area contributed by atoms with Gasteiger partial charge in [0.1, 0.15) is 0 Å². The van der Waals surface area contributed by atoms with Crippen LogP contribution in [0.3, 0.4) is 0 Å². The minimum absolute atomic E-state index is 0.291. The number of carbonyl (C=O) groups excluding carboxylic acids is 1. The summed E-state index contributed by atoms with van der Waals surface area (Å²) in [6, 6.07) is 10.2. The van der Waals surface area contributed by atoms with Crippen molar-refractivity contribution in [1.82, 2.24) is 0 Å². The van der Waals surface area contributed by atoms with E-state index in [4.69, 9.17) is 33.7 Å². The second kappa shape index (κ2) is 6.70. The highest BCUT2D eigenvalue weighted by molar-refractivity contribution is 6.36. The van der Waals surface area contributed by atoms with Crippen LogP contribution in [0.5, 0.6) is 0 Å². The summed E-state index contributed by atoms with van der Waals surface area (Å²) in [7, 11) is 0. The molecular formula is C15H14Cl2N2O2. The Hall–Kier alpha value is -1.91. The second-order valence-corrected chi connectivity index (χ2v) is 5.08. The van der Waals surface area contributed by atoms with Crippen LogP contribution < -0.4 is 11.1 Å². The van der Waals surface area contributed by atoms with Gasteiger partial charge in [0.25, 0.3) is 0 Å². The van der Waals surface area contributed by atoms with E-state index in [-0.39, 0.29) is 0 Å². The maximum Gasteiger partial charge on any atom is 0.340 e. The van der Waals surface area contributed by atoms with Crippen LogP contribution in [0.4, 0.5) is 17.1 Å². The molecule has 0 fully saturated rings. The number of halogens is 2. The number of nitrogen functional groups attached to an aromatic ring is 1. The van der Waals surface area contributed by atoms with Gasteiger partial charge >= 0.3 is 5.97 Å². The number of benzene rings is 2. The van der Waals surface area contributed by atoms with Gasteiger partial charge in [0.15, 0.2) is 0 Å². The molecule has 2 aromatic carbocycles. The first-order valence-corrected chi connectivity index (χ1v) is 7.06. The largest absolute Gasteiger partial charge is 0.462 e. The van der Waals surface area contributed by atoms with Crippen molar-refractivity contribution in [2.45, 2.75) is 6.92 Å². The monoisotopic (exact) mass is 324 g/mol. The summed E-state index contributed by atoms with van der Waals surface area (Å²) in [5.74, 6) is -0.458. The van der Waals surface area contributed by atoms with Crippen LogP contribution in [0.15, 0.2) is 36.4 Å². The average Bonchev–Trinajstić information content (AvgIpc) is 2.44. The second-order valence-electron chi connectivity index (χ2n) is 4.24. The Labute approximate surface area is 132 Å². The van der Waals surface area contributed by atoms with Gasteiger partial charge in [-0.1, -0.05) is 29.3 Å². The summed E-state index contributed by atoms with van der Waals surface area (Å²) in [5, 5.41) is 4.08. The van der Waals surface area contributed by atoms with Crippen LogP contribution in [0.2, 0.25) is 10.0 Å². The normalized spacial score (nSPS) is 10.2. The summed E-state index contributed by atoms with van der Waals surface area (Å²) >= 11 is 12.0. The van der Waals surface area contributed by atoms with Gasteiger partial charge < -0.3 is 15.8 Å². The van der Waals surface area contributed by atoms with Gasteiger partial charge in [-0.2, -0.15) is 0 Å². The number of nitrogens with two attached hydrogens (primary N) is 1. The van der Waals surface area contributed by atoms with Gasteiger partial charge in [-0.25, -0.2) is 4.79 Å². The van der Waals surface area contributed by atoms with E-state index in [9.17, 15) is 4.79 Å². The highest BCUT2D eigenvalue weighted by Gasteiger charge is 2.14. The maximum absolute atomic E-state index is 11.8. The first kappa shape index (κ1) is 15.5. The molecule has 0 heterocycles. The average molecular weight is 325 g/mol. The van der Waals surface area contributed by atoms with Crippen molar-refractivity contribution >= 4 is 46.2 Å². The number of esters is 1. The summed E-state index contributed by atoms with van der Waals surface area (Å²) in [4.78, 5) is 11.8. The molecule has 2 aromatic rings. The van der Waals surface area contributed by atoms with Gasteiger partial charge in [-0.15, -0.1) is 0 Å². The molecule has 0 atom stereocenters. The number of rotatable bonds is 4.